The predicted molar refractivity (Wildman–Crippen MR) is 122 cm³/mol. The summed E-state index contributed by atoms with van der Waals surface area (Å²) >= 11 is 12.1. The van der Waals surface area contributed by atoms with E-state index in [9.17, 15) is 10.1 Å². The van der Waals surface area contributed by atoms with Gasteiger partial charge in [-0.15, -0.1) is 0 Å². The first kappa shape index (κ1) is 23.4. The Balaban J connectivity index is 1.66. The molecular weight excluding hydrogens is 451 g/mol. The van der Waals surface area contributed by atoms with E-state index in [0.29, 0.717) is 40.5 Å². The van der Waals surface area contributed by atoms with Crippen LogP contribution in [0.2, 0.25) is 10.0 Å². The van der Waals surface area contributed by atoms with Gasteiger partial charge in [-0.1, -0.05) is 35.3 Å². The van der Waals surface area contributed by atoms with Crippen molar-refractivity contribution < 1.29 is 19.0 Å². The van der Waals surface area contributed by atoms with Crippen molar-refractivity contribution in [2.75, 3.05) is 6.61 Å². The second kappa shape index (κ2) is 10.9. The minimum Gasteiger partial charge on any atom is -0.483 e. The fraction of sp³-hybridized carbons (Fsp3) is 0.208. The van der Waals surface area contributed by atoms with E-state index in [2.05, 4.69) is 4.98 Å². The van der Waals surface area contributed by atoms with E-state index in [1.807, 2.05) is 13.0 Å². The number of hydrogen-bond donors (Lipinski definition) is 0. The molecule has 2 unspecified atom stereocenters. The van der Waals surface area contributed by atoms with Gasteiger partial charge < -0.3 is 14.2 Å². The van der Waals surface area contributed by atoms with Gasteiger partial charge in [0.15, 0.2) is 11.9 Å². The Bertz CT molecular complexity index is 1130. The van der Waals surface area contributed by atoms with E-state index < -0.39 is 17.8 Å². The van der Waals surface area contributed by atoms with Crippen LogP contribution >= 0.6 is 23.2 Å². The second-order valence-electron chi connectivity index (χ2n) is 6.71. The van der Waals surface area contributed by atoms with Crippen LogP contribution < -0.4 is 14.2 Å². The highest BCUT2D eigenvalue weighted by Gasteiger charge is 2.28. The first-order valence-electron chi connectivity index (χ1n) is 9.84. The lowest BCUT2D eigenvalue weighted by Gasteiger charge is -2.18. The first-order valence-corrected chi connectivity index (χ1v) is 10.6. The number of aromatic nitrogens is 1. The van der Waals surface area contributed by atoms with Gasteiger partial charge in [-0.2, -0.15) is 10.2 Å². The molecule has 0 aliphatic rings. The van der Waals surface area contributed by atoms with Crippen molar-refractivity contribution in [1.29, 1.82) is 5.26 Å². The molecule has 3 aromatic rings. The van der Waals surface area contributed by atoms with Crippen LogP contribution in [-0.2, 0) is 4.79 Å². The Kier molecular flexibility index (Phi) is 7.93. The molecule has 2 atom stereocenters. The van der Waals surface area contributed by atoms with E-state index >= 15 is 0 Å². The predicted octanol–water partition coefficient (Wildman–Crippen LogP) is 6.22. The van der Waals surface area contributed by atoms with Crippen molar-refractivity contribution >= 4 is 29.0 Å². The number of rotatable bonds is 9. The van der Waals surface area contributed by atoms with Crippen molar-refractivity contribution in [3.05, 3.63) is 76.3 Å². The topological polar surface area (TPSA) is 81.4 Å². The van der Waals surface area contributed by atoms with Crippen molar-refractivity contribution in [2.45, 2.75) is 25.9 Å². The molecule has 164 valence electrons. The minimum atomic E-state index is -1.07. The Morgan fingerprint density at radius 3 is 2.41 bits per heavy atom. The quantitative estimate of drug-likeness (QED) is 0.368. The number of pyridine rings is 1. The summed E-state index contributed by atoms with van der Waals surface area (Å²) in [6.45, 7) is 3.98. The first-order chi connectivity index (χ1) is 15.4. The van der Waals surface area contributed by atoms with Crippen LogP contribution in [0.5, 0.6) is 23.3 Å². The summed E-state index contributed by atoms with van der Waals surface area (Å²) in [5, 5.41) is 10.2. The summed E-state index contributed by atoms with van der Waals surface area (Å²) in [6, 6.07) is 18.6. The van der Waals surface area contributed by atoms with Crippen LogP contribution in [-0.4, -0.2) is 23.5 Å². The molecule has 0 amide bonds. The van der Waals surface area contributed by atoms with E-state index in [1.54, 1.807) is 61.5 Å². The van der Waals surface area contributed by atoms with E-state index in [4.69, 9.17) is 37.4 Å². The van der Waals surface area contributed by atoms with Gasteiger partial charge in [0.2, 0.25) is 11.8 Å². The van der Waals surface area contributed by atoms with Crippen LogP contribution in [0.4, 0.5) is 0 Å². The zero-order valence-corrected chi connectivity index (χ0v) is 18.9. The van der Waals surface area contributed by atoms with Gasteiger partial charge in [0.05, 0.1) is 12.7 Å². The van der Waals surface area contributed by atoms with E-state index in [-0.39, 0.29) is 5.02 Å². The van der Waals surface area contributed by atoms with Crippen LogP contribution in [0.3, 0.4) is 0 Å². The van der Waals surface area contributed by atoms with Gasteiger partial charge in [-0.25, -0.2) is 0 Å². The van der Waals surface area contributed by atoms with Crippen molar-refractivity contribution in [3.8, 4) is 29.3 Å². The van der Waals surface area contributed by atoms with Gasteiger partial charge in [0, 0.05) is 22.2 Å². The SMILES string of the molecule is CCOc1cccc(Oc2ccc(OC(C)C(=O)C(C#N)c3ccc(Cl)cc3Cl)cc2)n1. The second-order valence-corrected chi connectivity index (χ2v) is 7.55. The largest absolute Gasteiger partial charge is 0.483 e. The number of carbonyl (C=O) groups is 1. The van der Waals surface area contributed by atoms with E-state index in [1.165, 1.54) is 6.07 Å². The van der Waals surface area contributed by atoms with Gasteiger partial charge >= 0.3 is 0 Å². The number of nitriles is 1. The number of ketones is 1. The number of carbonyl (C=O) groups excluding carboxylic acids is 1. The summed E-state index contributed by atoms with van der Waals surface area (Å²) in [6.07, 6.45) is -0.872. The fourth-order valence-corrected chi connectivity index (χ4v) is 3.42. The molecule has 0 spiro atoms. The standard InChI is InChI=1S/C24H20Cl2N2O4/c1-3-30-22-5-4-6-23(28-22)32-18-10-8-17(9-11-18)31-15(2)24(29)20(14-27)19-12-7-16(25)13-21(19)26/h4-13,15,20H,3H2,1-2H3. The number of benzene rings is 2. The maximum atomic E-state index is 12.8. The highest BCUT2D eigenvalue weighted by atomic mass is 35.5. The third kappa shape index (κ3) is 5.91. The third-order valence-electron chi connectivity index (χ3n) is 4.44. The number of halogens is 2. The summed E-state index contributed by atoms with van der Waals surface area (Å²) in [5.41, 5.74) is 0.393. The maximum Gasteiger partial charge on any atom is 0.222 e. The van der Waals surface area contributed by atoms with Gasteiger partial charge in [0.25, 0.3) is 0 Å². The zero-order valence-electron chi connectivity index (χ0n) is 17.4. The molecule has 0 aliphatic carbocycles. The number of hydrogen-bond acceptors (Lipinski definition) is 6. The van der Waals surface area contributed by atoms with Crippen LogP contribution in [0.15, 0.2) is 60.7 Å². The van der Waals surface area contributed by atoms with Gasteiger partial charge in [0.1, 0.15) is 17.4 Å². The van der Waals surface area contributed by atoms with Crippen LogP contribution in [0, 0.1) is 11.3 Å². The molecule has 0 saturated heterocycles. The molecule has 8 heteroatoms. The highest BCUT2D eigenvalue weighted by Crippen LogP contribution is 2.30. The molecule has 0 bridgehead atoms. The molecule has 0 saturated carbocycles. The van der Waals surface area contributed by atoms with Gasteiger partial charge in [-0.05, 0) is 55.8 Å². The van der Waals surface area contributed by atoms with Crippen molar-refractivity contribution in [1.82, 2.24) is 4.98 Å². The molecule has 3 rings (SSSR count). The molecule has 0 radical (unpaired) electrons. The van der Waals surface area contributed by atoms with Crippen molar-refractivity contribution in [3.63, 3.8) is 0 Å². The van der Waals surface area contributed by atoms with Crippen molar-refractivity contribution in [2.24, 2.45) is 0 Å². The van der Waals surface area contributed by atoms with Crippen LogP contribution in [0.1, 0.15) is 25.3 Å². The third-order valence-corrected chi connectivity index (χ3v) is 5.00. The monoisotopic (exact) mass is 470 g/mol. The molecular formula is C24H20Cl2N2O4. The zero-order chi connectivity index (χ0) is 23.1. The summed E-state index contributed by atoms with van der Waals surface area (Å²) in [5.74, 6) is 0.387. The summed E-state index contributed by atoms with van der Waals surface area (Å²) in [7, 11) is 0. The molecule has 6 nitrogen and oxygen atoms in total. The number of nitrogens with zero attached hydrogens (tertiary/aromatic N) is 2. The molecule has 1 heterocycles. The average Bonchev–Trinajstić information content (AvgIpc) is 2.77. The molecule has 0 fully saturated rings. The normalized spacial score (nSPS) is 12.3. The lowest BCUT2D eigenvalue weighted by Crippen LogP contribution is -2.29. The minimum absolute atomic E-state index is 0.258. The maximum absolute atomic E-state index is 12.8. The summed E-state index contributed by atoms with van der Waals surface area (Å²) < 4.78 is 16.8. The Hall–Kier alpha value is -3.27. The smallest absolute Gasteiger partial charge is 0.222 e. The lowest BCUT2D eigenvalue weighted by molar-refractivity contribution is -0.125. The number of ether oxygens (including phenoxy) is 3. The average molecular weight is 471 g/mol. The Labute approximate surface area is 196 Å². The molecule has 0 N–H and O–H groups in total. The Morgan fingerprint density at radius 2 is 1.75 bits per heavy atom. The van der Waals surface area contributed by atoms with E-state index in [0.717, 1.165) is 0 Å². The fourth-order valence-electron chi connectivity index (χ4n) is 2.91. The van der Waals surface area contributed by atoms with Gasteiger partial charge in [-0.3, -0.25) is 4.79 Å². The molecule has 32 heavy (non-hydrogen) atoms. The molecule has 1 aromatic heterocycles. The van der Waals surface area contributed by atoms with Crippen LogP contribution in [0.25, 0.3) is 0 Å². The lowest BCUT2D eigenvalue weighted by atomic mass is 9.93. The Morgan fingerprint density at radius 1 is 1.06 bits per heavy atom. The summed E-state index contributed by atoms with van der Waals surface area (Å²) in [4.78, 5) is 17.1. The molecule has 2 aromatic carbocycles. The number of Topliss-reactive ketones (excluding diaryl/α,β-unsaturated/α-hetero) is 1. The highest BCUT2D eigenvalue weighted by molar-refractivity contribution is 6.35. The molecule has 0 aliphatic heterocycles.